The number of rotatable bonds is 2. The van der Waals surface area contributed by atoms with Gasteiger partial charge in [0.2, 0.25) is 0 Å². The standard InChI is InChI=1S/C23H31FO5/c1-12-7-17-16-8-13(2)23(29,19(28)11-25)21(16,4)10-18(27)22(17,24)20(3)6-5-14(26)9-15(12)20/h5-6,13,16-18,25,27,29H,7-11H2,1-4H3/t13-,16?,17?,18?,20?,21?,22?,23?/m0/s1. The van der Waals surface area contributed by atoms with Gasteiger partial charge in [-0.2, -0.15) is 0 Å². The van der Waals surface area contributed by atoms with E-state index < -0.39 is 52.4 Å². The number of Topliss-reactive ketones (excluding diaryl/α,β-unsaturated/α-hetero) is 1. The number of fused-ring (bicyclic) bond motifs is 5. The van der Waals surface area contributed by atoms with Gasteiger partial charge in [-0.05, 0) is 51.0 Å². The van der Waals surface area contributed by atoms with Crippen molar-refractivity contribution in [3.05, 3.63) is 23.3 Å². The molecule has 0 radical (unpaired) electrons. The fourth-order valence-electron chi connectivity index (χ4n) is 7.58. The highest BCUT2D eigenvalue weighted by Gasteiger charge is 2.75. The Labute approximate surface area is 170 Å². The Kier molecular flexibility index (Phi) is 4.38. The number of aliphatic hydroxyl groups is 3. The average Bonchev–Trinajstić information content (AvgIpc) is 2.86. The van der Waals surface area contributed by atoms with Gasteiger partial charge in [0.25, 0.3) is 0 Å². The molecule has 0 aromatic rings. The minimum atomic E-state index is -1.99. The van der Waals surface area contributed by atoms with Crippen molar-refractivity contribution in [2.24, 2.45) is 28.6 Å². The number of carbonyl (C=O) groups is 2. The van der Waals surface area contributed by atoms with Crippen molar-refractivity contribution >= 4 is 11.6 Å². The van der Waals surface area contributed by atoms with Gasteiger partial charge in [0.05, 0.1) is 6.10 Å². The molecule has 2 saturated carbocycles. The van der Waals surface area contributed by atoms with Crippen molar-refractivity contribution in [3.63, 3.8) is 0 Å². The van der Waals surface area contributed by atoms with Crippen LogP contribution in [0.2, 0.25) is 0 Å². The van der Waals surface area contributed by atoms with Crippen molar-refractivity contribution < 1.29 is 29.3 Å². The highest BCUT2D eigenvalue weighted by Crippen LogP contribution is 2.70. The number of carbonyl (C=O) groups excluding carboxylic acids is 2. The van der Waals surface area contributed by atoms with Crippen molar-refractivity contribution in [1.29, 1.82) is 0 Å². The van der Waals surface area contributed by atoms with Crippen LogP contribution in [0.3, 0.4) is 0 Å². The molecule has 2 fully saturated rings. The number of alkyl halides is 1. The van der Waals surface area contributed by atoms with E-state index in [0.29, 0.717) is 12.8 Å². The van der Waals surface area contributed by atoms with Gasteiger partial charge in [0.15, 0.2) is 17.2 Å². The van der Waals surface area contributed by atoms with Crippen LogP contribution >= 0.6 is 0 Å². The van der Waals surface area contributed by atoms with E-state index in [0.717, 1.165) is 11.1 Å². The summed E-state index contributed by atoms with van der Waals surface area (Å²) in [5.41, 5.74) is -4.22. The molecule has 0 saturated heterocycles. The van der Waals surface area contributed by atoms with E-state index in [4.69, 9.17) is 0 Å². The predicted molar refractivity (Wildman–Crippen MR) is 105 cm³/mol. The second-order valence-electron chi connectivity index (χ2n) is 10.2. The number of hydrogen-bond donors (Lipinski definition) is 3. The minimum absolute atomic E-state index is 0.0635. The van der Waals surface area contributed by atoms with Crippen LogP contribution in [0, 0.1) is 28.6 Å². The van der Waals surface area contributed by atoms with Gasteiger partial charge in [0.1, 0.15) is 12.2 Å². The Balaban J connectivity index is 1.89. The molecule has 3 N–H and O–H groups in total. The molecule has 0 spiro atoms. The van der Waals surface area contributed by atoms with E-state index in [1.54, 1.807) is 26.8 Å². The smallest absolute Gasteiger partial charge is 0.190 e. The maximum Gasteiger partial charge on any atom is 0.190 e. The Morgan fingerprint density at radius 1 is 1.31 bits per heavy atom. The lowest BCUT2D eigenvalue weighted by atomic mass is 9.44. The summed E-state index contributed by atoms with van der Waals surface area (Å²) in [4.78, 5) is 24.6. The third-order valence-electron chi connectivity index (χ3n) is 9.12. The Morgan fingerprint density at radius 3 is 2.59 bits per heavy atom. The maximum absolute atomic E-state index is 17.0. The van der Waals surface area contributed by atoms with Crippen LogP contribution in [-0.2, 0) is 9.59 Å². The monoisotopic (exact) mass is 406 g/mol. The van der Waals surface area contributed by atoms with Crippen LogP contribution in [0.15, 0.2) is 23.3 Å². The predicted octanol–water partition coefficient (Wildman–Crippen LogP) is 2.29. The third kappa shape index (κ3) is 2.20. The van der Waals surface area contributed by atoms with E-state index in [-0.39, 0.29) is 24.5 Å². The lowest BCUT2D eigenvalue weighted by Gasteiger charge is -2.62. The Morgan fingerprint density at radius 2 is 1.97 bits per heavy atom. The van der Waals surface area contributed by atoms with Crippen molar-refractivity contribution in [2.45, 2.75) is 70.8 Å². The molecular weight excluding hydrogens is 375 g/mol. The molecule has 160 valence electrons. The topological polar surface area (TPSA) is 94.8 Å². The molecule has 6 heteroatoms. The normalized spacial score (nSPS) is 51.5. The maximum atomic E-state index is 17.0. The van der Waals surface area contributed by atoms with Crippen LogP contribution < -0.4 is 0 Å². The van der Waals surface area contributed by atoms with Crippen LogP contribution in [0.5, 0.6) is 0 Å². The summed E-state index contributed by atoms with van der Waals surface area (Å²) in [6.07, 6.45) is 2.56. The summed E-state index contributed by atoms with van der Waals surface area (Å²) < 4.78 is 17.0. The fourth-order valence-corrected chi connectivity index (χ4v) is 7.58. The highest BCUT2D eigenvalue weighted by molar-refractivity contribution is 5.94. The highest BCUT2D eigenvalue weighted by atomic mass is 19.1. The van der Waals surface area contributed by atoms with Gasteiger partial charge in [-0.25, -0.2) is 4.39 Å². The lowest BCUT2D eigenvalue weighted by Crippen LogP contribution is -2.69. The molecule has 4 aliphatic carbocycles. The average molecular weight is 406 g/mol. The van der Waals surface area contributed by atoms with Gasteiger partial charge in [-0.3, -0.25) is 9.59 Å². The molecule has 29 heavy (non-hydrogen) atoms. The molecule has 0 heterocycles. The minimum Gasteiger partial charge on any atom is -0.390 e. The van der Waals surface area contributed by atoms with E-state index in [1.807, 2.05) is 6.92 Å². The zero-order valence-electron chi connectivity index (χ0n) is 17.5. The van der Waals surface area contributed by atoms with Crippen molar-refractivity contribution in [2.75, 3.05) is 6.61 Å². The van der Waals surface area contributed by atoms with Crippen LogP contribution in [0.1, 0.15) is 53.4 Å². The van der Waals surface area contributed by atoms with E-state index >= 15 is 4.39 Å². The van der Waals surface area contributed by atoms with E-state index in [1.165, 1.54) is 6.08 Å². The number of aliphatic hydroxyl groups excluding tert-OH is 2. The summed E-state index contributed by atoms with van der Waals surface area (Å²) in [6.45, 7) is 6.42. The first kappa shape index (κ1) is 20.9. The van der Waals surface area contributed by atoms with E-state index in [9.17, 15) is 24.9 Å². The van der Waals surface area contributed by atoms with Gasteiger partial charge in [-0.15, -0.1) is 0 Å². The molecule has 0 bridgehead atoms. The SMILES string of the molecule is CC1=C2CC(=O)C=CC2(C)C2(F)C(O)CC3(C)C(C[C@H](C)C3(O)C(=O)CO)C2C1. The van der Waals surface area contributed by atoms with Crippen molar-refractivity contribution in [1.82, 2.24) is 0 Å². The first-order chi connectivity index (χ1) is 13.4. The Bertz CT molecular complexity index is 848. The number of hydrogen-bond acceptors (Lipinski definition) is 5. The fraction of sp³-hybridized carbons (Fsp3) is 0.739. The summed E-state index contributed by atoms with van der Waals surface area (Å²) in [6, 6.07) is 0. The molecule has 0 aromatic carbocycles. The largest absolute Gasteiger partial charge is 0.390 e. The molecule has 8 atom stereocenters. The molecule has 4 aliphatic rings. The van der Waals surface area contributed by atoms with Gasteiger partial charge in [0, 0.05) is 23.2 Å². The Hall–Kier alpha value is -1.37. The molecule has 5 nitrogen and oxygen atoms in total. The van der Waals surface area contributed by atoms with Gasteiger partial charge >= 0.3 is 0 Å². The summed E-state index contributed by atoms with van der Waals surface area (Å²) >= 11 is 0. The number of allylic oxidation sites excluding steroid dienone is 4. The van der Waals surface area contributed by atoms with E-state index in [2.05, 4.69) is 0 Å². The van der Waals surface area contributed by atoms with Crippen LogP contribution in [0.25, 0.3) is 0 Å². The molecule has 0 aromatic heterocycles. The second-order valence-corrected chi connectivity index (χ2v) is 10.2. The summed E-state index contributed by atoms with van der Waals surface area (Å²) in [5.74, 6) is -2.09. The second kappa shape index (κ2) is 6.08. The molecule has 7 unspecified atom stereocenters. The molecule has 0 aliphatic heterocycles. The van der Waals surface area contributed by atoms with Crippen molar-refractivity contribution in [3.8, 4) is 0 Å². The molecular formula is C23H31FO5. The summed E-state index contributed by atoms with van der Waals surface area (Å²) in [7, 11) is 0. The first-order valence-corrected chi connectivity index (χ1v) is 10.5. The zero-order chi connectivity index (χ0) is 21.6. The molecule has 0 amide bonds. The van der Waals surface area contributed by atoms with Gasteiger partial charge in [-0.1, -0.05) is 31.1 Å². The zero-order valence-corrected chi connectivity index (χ0v) is 17.5. The van der Waals surface area contributed by atoms with Crippen LogP contribution in [0.4, 0.5) is 4.39 Å². The lowest BCUT2D eigenvalue weighted by molar-refractivity contribution is -0.215. The number of ketones is 2. The summed E-state index contributed by atoms with van der Waals surface area (Å²) in [5, 5.41) is 32.2. The quantitative estimate of drug-likeness (QED) is 0.612. The first-order valence-electron chi connectivity index (χ1n) is 10.5. The third-order valence-corrected chi connectivity index (χ3v) is 9.12. The molecule has 4 rings (SSSR count). The van der Waals surface area contributed by atoms with Crippen LogP contribution in [-0.4, -0.2) is 50.9 Å². The number of halogens is 1. The van der Waals surface area contributed by atoms with Gasteiger partial charge < -0.3 is 15.3 Å².